The molecule has 6 atom stereocenters. The number of hydrogen-bond acceptors (Lipinski definition) is 9. The molecule has 1 unspecified atom stereocenters. The van der Waals surface area contributed by atoms with Gasteiger partial charge in [0.15, 0.2) is 12.1 Å². The monoisotopic (exact) mass is 508 g/mol. The smallest absolute Gasteiger partial charge is 0.229 e. The van der Waals surface area contributed by atoms with E-state index >= 15 is 0 Å². The summed E-state index contributed by atoms with van der Waals surface area (Å²) in [5, 5.41) is 41.5. The van der Waals surface area contributed by atoms with Crippen molar-refractivity contribution in [3.05, 3.63) is 89.5 Å². The van der Waals surface area contributed by atoms with Gasteiger partial charge in [-0.1, -0.05) is 48.5 Å². The van der Waals surface area contributed by atoms with E-state index in [0.717, 1.165) is 11.1 Å². The molecule has 0 saturated carbocycles. The van der Waals surface area contributed by atoms with Gasteiger partial charge in [-0.15, -0.1) is 0 Å². The number of benzene rings is 3. The SMILES string of the molecule is O=C(CCc1ccc(O)cc1)c1c(O)cccc1O[C@@H]1O[C@@H]2COC(c3ccccc3)O[C@H]2[C@H](O)[C@H]1O. The Morgan fingerprint density at radius 1 is 0.892 bits per heavy atom. The molecule has 37 heavy (non-hydrogen) atoms. The fraction of sp³-hybridized carbons (Fsp3) is 0.321. The molecule has 0 radical (unpaired) electrons. The van der Waals surface area contributed by atoms with Crippen molar-refractivity contribution in [2.75, 3.05) is 6.61 Å². The standard InChI is InChI=1S/C28H28O9/c29-18-12-9-16(10-13-18)11-14-20(31)23-19(30)7-4-8-21(23)35-28-25(33)24(32)26-22(36-28)15-34-27(37-26)17-5-2-1-3-6-17/h1-10,12-13,22,24-30,32-33H,11,14-15H2/t22-,24-,25-,26-,27?,28-/m1/s1. The van der Waals surface area contributed by atoms with E-state index in [2.05, 4.69) is 0 Å². The highest BCUT2D eigenvalue weighted by atomic mass is 16.8. The van der Waals surface area contributed by atoms with Crippen LogP contribution in [0.25, 0.3) is 0 Å². The van der Waals surface area contributed by atoms with Crippen molar-refractivity contribution >= 4 is 5.78 Å². The minimum Gasteiger partial charge on any atom is -0.508 e. The molecule has 0 bridgehead atoms. The Bertz CT molecular complexity index is 1210. The van der Waals surface area contributed by atoms with E-state index in [1.807, 2.05) is 30.3 Å². The van der Waals surface area contributed by atoms with E-state index in [1.165, 1.54) is 30.3 Å². The number of phenols is 2. The number of fused-ring (bicyclic) bond motifs is 1. The topological polar surface area (TPSA) is 135 Å². The Labute approximate surface area is 213 Å². The number of aryl methyl sites for hydroxylation is 1. The van der Waals surface area contributed by atoms with Crippen LogP contribution in [-0.2, 0) is 20.6 Å². The van der Waals surface area contributed by atoms with E-state index < -0.39 is 37.0 Å². The van der Waals surface area contributed by atoms with Gasteiger partial charge in [0.2, 0.25) is 6.29 Å². The molecule has 2 heterocycles. The first-order chi connectivity index (χ1) is 17.9. The molecule has 9 nitrogen and oxygen atoms in total. The minimum atomic E-state index is -1.49. The van der Waals surface area contributed by atoms with E-state index in [1.54, 1.807) is 12.1 Å². The molecule has 2 aliphatic heterocycles. The maximum Gasteiger partial charge on any atom is 0.229 e. The predicted molar refractivity (Wildman–Crippen MR) is 130 cm³/mol. The summed E-state index contributed by atoms with van der Waals surface area (Å²) in [6.07, 6.45) is -6.00. The van der Waals surface area contributed by atoms with Crippen LogP contribution < -0.4 is 4.74 Å². The lowest BCUT2D eigenvalue weighted by Gasteiger charge is -2.46. The van der Waals surface area contributed by atoms with E-state index in [4.69, 9.17) is 18.9 Å². The lowest BCUT2D eigenvalue weighted by atomic mass is 9.97. The molecule has 9 heteroatoms. The van der Waals surface area contributed by atoms with Gasteiger partial charge in [-0.3, -0.25) is 4.79 Å². The number of carbonyl (C=O) groups is 1. The zero-order valence-corrected chi connectivity index (χ0v) is 19.8. The average Bonchev–Trinajstić information content (AvgIpc) is 2.91. The van der Waals surface area contributed by atoms with Crippen LogP contribution >= 0.6 is 0 Å². The zero-order valence-electron chi connectivity index (χ0n) is 19.8. The second-order valence-electron chi connectivity index (χ2n) is 9.06. The van der Waals surface area contributed by atoms with Crippen LogP contribution in [0.2, 0.25) is 0 Å². The summed E-state index contributed by atoms with van der Waals surface area (Å²) < 4.78 is 23.4. The first-order valence-electron chi connectivity index (χ1n) is 12.0. The number of Topliss-reactive ketones (excluding diaryl/α,β-unsaturated/α-hetero) is 1. The molecule has 4 N–H and O–H groups in total. The highest BCUT2D eigenvalue weighted by molar-refractivity contribution is 6.01. The molecule has 0 aromatic heterocycles. The molecule has 0 aliphatic carbocycles. The van der Waals surface area contributed by atoms with Crippen molar-refractivity contribution in [3.8, 4) is 17.2 Å². The molecular formula is C28H28O9. The number of ether oxygens (including phenoxy) is 4. The summed E-state index contributed by atoms with van der Waals surface area (Å²) in [7, 11) is 0. The minimum absolute atomic E-state index is 0.0187. The van der Waals surface area contributed by atoms with E-state index in [-0.39, 0.29) is 41.6 Å². The maximum atomic E-state index is 13.0. The van der Waals surface area contributed by atoms with Gasteiger partial charge in [-0.2, -0.15) is 0 Å². The van der Waals surface area contributed by atoms with Crippen LogP contribution in [0.15, 0.2) is 72.8 Å². The molecule has 2 saturated heterocycles. The molecular weight excluding hydrogens is 480 g/mol. The van der Waals surface area contributed by atoms with Crippen LogP contribution in [0.5, 0.6) is 17.2 Å². The van der Waals surface area contributed by atoms with Crippen LogP contribution in [0.1, 0.15) is 34.2 Å². The first-order valence-corrected chi connectivity index (χ1v) is 12.0. The number of carbonyl (C=O) groups excluding carboxylic acids is 1. The Balaban J connectivity index is 1.28. The second-order valence-corrected chi connectivity index (χ2v) is 9.06. The van der Waals surface area contributed by atoms with Gasteiger partial charge in [-0.05, 0) is 36.2 Å². The molecule has 5 rings (SSSR count). The maximum absolute atomic E-state index is 13.0. The molecule has 0 spiro atoms. The van der Waals surface area contributed by atoms with E-state index in [0.29, 0.717) is 6.42 Å². The van der Waals surface area contributed by atoms with Crippen molar-refractivity contribution < 1.29 is 44.2 Å². The van der Waals surface area contributed by atoms with Gasteiger partial charge < -0.3 is 39.4 Å². The lowest BCUT2D eigenvalue weighted by Crippen LogP contribution is -2.63. The van der Waals surface area contributed by atoms with Crippen molar-refractivity contribution in [1.82, 2.24) is 0 Å². The highest BCUT2D eigenvalue weighted by Crippen LogP contribution is 2.36. The fourth-order valence-electron chi connectivity index (χ4n) is 4.52. The number of phenolic OH excluding ortho intramolecular Hbond substituents is 2. The molecule has 3 aromatic carbocycles. The highest BCUT2D eigenvalue weighted by Gasteiger charge is 2.50. The zero-order chi connectivity index (χ0) is 25.9. The van der Waals surface area contributed by atoms with Crippen molar-refractivity contribution in [3.63, 3.8) is 0 Å². The largest absolute Gasteiger partial charge is 0.508 e. The van der Waals surface area contributed by atoms with Crippen LogP contribution in [0.3, 0.4) is 0 Å². The number of ketones is 1. The third kappa shape index (κ3) is 5.46. The van der Waals surface area contributed by atoms with Crippen molar-refractivity contribution in [2.24, 2.45) is 0 Å². The summed E-state index contributed by atoms with van der Waals surface area (Å²) in [5.74, 6) is -0.497. The first kappa shape index (κ1) is 25.2. The van der Waals surface area contributed by atoms with E-state index in [9.17, 15) is 25.2 Å². The number of aliphatic hydroxyl groups is 2. The second kappa shape index (κ2) is 10.9. The van der Waals surface area contributed by atoms with Crippen LogP contribution in [0.4, 0.5) is 0 Å². The third-order valence-corrected chi connectivity index (χ3v) is 6.51. The third-order valence-electron chi connectivity index (χ3n) is 6.51. The summed E-state index contributed by atoms with van der Waals surface area (Å²) >= 11 is 0. The van der Waals surface area contributed by atoms with Gasteiger partial charge in [0, 0.05) is 12.0 Å². The number of hydrogen-bond donors (Lipinski definition) is 4. The fourth-order valence-corrected chi connectivity index (χ4v) is 4.52. The van der Waals surface area contributed by atoms with Crippen LogP contribution in [-0.4, -0.2) is 63.5 Å². The quantitative estimate of drug-likeness (QED) is 0.355. The van der Waals surface area contributed by atoms with Crippen molar-refractivity contribution in [1.29, 1.82) is 0 Å². The summed E-state index contributed by atoms with van der Waals surface area (Å²) in [4.78, 5) is 13.0. The lowest BCUT2D eigenvalue weighted by molar-refractivity contribution is -0.350. The Hall–Kier alpha value is -3.47. The summed E-state index contributed by atoms with van der Waals surface area (Å²) in [6.45, 7) is 0.0896. The van der Waals surface area contributed by atoms with Gasteiger partial charge in [-0.25, -0.2) is 0 Å². The molecule has 0 amide bonds. The van der Waals surface area contributed by atoms with Crippen LogP contribution in [0, 0.1) is 0 Å². The molecule has 3 aromatic rings. The van der Waals surface area contributed by atoms with Gasteiger partial charge in [0.1, 0.15) is 47.2 Å². The predicted octanol–water partition coefficient (Wildman–Crippen LogP) is 2.85. The van der Waals surface area contributed by atoms with Gasteiger partial charge in [0.25, 0.3) is 0 Å². The van der Waals surface area contributed by atoms with Gasteiger partial charge >= 0.3 is 0 Å². The number of rotatable bonds is 7. The normalized spacial score (nSPS) is 27.3. The average molecular weight is 509 g/mol. The Kier molecular flexibility index (Phi) is 7.40. The molecule has 194 valence electrons. The molecule has 2 fully saturated rings. The Morgan fingerprint density at radius 2 is 1.65 bits per heavy atom. The van der Waals surface area contributed by atoms with Crippen molar-refractivity contribution in [2.45, 2.75) is 49.8 Å². The summed E-state index contributed by atoms with van der Waals surface area (Å²) in [6, 6.07) is 20.1. The Morgan fingerprint density at radius 3 is 2.41 bits per heavy atom. The van der Waals surface area contributed by atoms with Gasteiger partial charge in [0.05, 0.1) is 6.61 Å². The summed E-state index contributed by atoms with van der Waals surface area (Å²) in [5.41, 5.74) is 1.57. The number of aliphatic hydroxyl groups excluding tert-OH is 2. The molecule has 2 aliphatic rings. The number of aromatic hydroxyl groups is 2.